The summed E-state index contributed by atoms with van der Waals surface area (Å²) >= 11 is 0. The molecule has 2 heterocycles. The molecule has 0 atom stereocenters. The number of oxime groups is 1. The number of aryl methyl sites for hydroxylation is 2. The van der Waals surface area contributed by atoms with Gasteiger partial charge in [0, 0.05) is 11.9 Å². The van der Waals surface area contributed by atoms with Gasteiger partial charge < -0.3 is 14.3 Å². The second-order valence-corrected chi connectivity index (χ2v) is 5.12. The topological polar surface area (TPSA) is 65.8 Å². The van der Waals surface area contributed by atoms with E-state index >= 15 is 0 Å². The third-order valence-corrected chi connectivity index (χ3v) is 3.27. The predicted octanol–water partition coefficient (Wildman–Crippen LogP) is 3.05. The summed E-state index contributed by atoms with van der Waals surface area (Å²) in [5.74, 6) is 1.11. The average molecular weight is 315 g/mol. The molecular formula is C17H21N3O3. The van der Waals surface area contributed by atoms with E-state index in [0.29, 0.717) is 22.9 Å². The molecule has 0 aromatic carbocycles. The van der Waals surface area contributed by atoms with E-state index in [0.717, 1.165) is 17.0 Å². The number of pyridine rings is 2. The van der Waals surface area contributed by atoms with Crippen LogP contribution in [0.1, 0.15) is 29.4 Å². The fraction of sp³-hybridized carbons (Fsp3) is 0.353. The van der Waals surface area contributed by atoms with Gasteiger partial charge in [0.05, 0.1) is 25.5 Å². The summed E-state index contributed by atoms with van der Waals surface area (Å²) in [7, 11) is 3.14. The van der Waals surface area contributed by atoms with E-state index in [1.807, 2.05) is 32.9 Å². The number of rotatable bonds is 6. The van der Waals surface area contributed by atoms with Crippen molar-refractivity contribution < 1.29 is 14.3 Å². The number of ether oxygens (including phenoxy) is 2. The highest BCUT2D eigenvalue weighted by atomic mass is 16.6. The molecule has 0 amide bonds. The van der Waals surface area contributed by atoms with Crippen molar-refractivity contribution in [1.82, 2.24) is 9.97 Å². The van der Waals surface area contributed by atoms with Crippen LogP contribution in [0, 0.1) is 13.8 Å². The first-order valence-corrected chi connectivity index (χ1v) is 7.23. The Morgan fingerprint density at radius 2 is 1.96 bits per heavy atom. The highest BCUT2D eigenvalue weighted by Gasteiger charge is 2.12. The Balaban J connectivity index is 2.15. The SMILES string of the molecule is COc1ccnc(OC)c1CO/N=C(\C)c1cc(C)cc(C)n1. The van der Waals surface area contributed by atoms with Gasteiger partial charge in [0.2, 0.25) is 5.88 Å². The lowest BCUT2D eigenvalue weighted by Crippen LogP contribution is -2.03. The van der Waals surface area contributed by atoms with E-state index in [2.05, 4.69) is 15.1 Å². The molecule has 0 saturated heterocycles. The van der Waals surface area contributed by atoms with Gasteiger partial charge in [0.15, 0.2) is 6.61 Å². The van der Waals surface area contributed by atoms with Crippen LogP contribution in [0.25, 0.3) is 0 Å². The Bertz CT molecular complexity index is 672. The molecule has 122 valence electrons. The van der Waals surface area contributed by atoms with Crippen LogP contribution in [0.2, 0.25) is 0 Å². The Morgan fingerprint density at radius 3 is 2.61 bits per heavy atom. The predicted molar refractivity (Wildman–Crippen MR) is 88.1 cm³/mol. The molecule has 2 rings (SSSR count). The van der Waals surface area contributed by atoms with Gasteiger partial charge in [-0.2, -0.15) is 0 Å². The number of aromatic nitrogens is 2. The minimum atomic E-state index is 0.197. The zero-order valence-electron chi connectivity index (χ0n) is 14.1. The molecule has 0 N–H and O–H groups in total. The van der Waals surface area contributed by atoms with Crippen molar-refractivity contribution in [1.29, 1.82) is 0 Å². The Morgan fingerprint density at radius 1 is 1.17 bits per heavy atom. The maximum absolute atomic E-state index is 5.45. The summed E-state index contributed by atoms with van der Waals surface area (Å²) < 4.78 is 10.5. The Hall–Kier alpha value is -2.63. The van der Waals surface area contributed by atoms with Crippen LogP contribution >= 0.6 is 0 Å². The van der Waals surface area contributed by atoms with Crippen molar-refractivity contribution in [3.05, 3.63) is 46.9 Å². The second-order valence-electron chi connectivity index (χ2n) is 5.12. The molecule has 0 saturated carbocycles. The summed E-state index contributed by atoms with van der Waals surface area (Å²) in [6.07, 6.45) is 1.62. The Kier molecular flexibility index (Phi) is 5.51. The molecule has 0 unspecified atom stereocenters. The molecule has 6 nitrogen and oxygen atoms in total. The van der Waals surface area contributed by atoms with Crippen molar-refractivity contribution in [2.75, 3.05) is 14.2 Å². The van der Waals surface area contributed by atoms with Gasteiger partial charge in [-0.15, -0.1) is 0 Å². The molecule has 2 aromatic heterocycles. The molecule has 0 aliphatic rings. The third kappa shape index (κ3) is 4.18. The van der Waals surface area contributed by atoms with Gasteiger partial charge in [0.1, 0.15) is 11.5 Å². The first-order valence-electron chi connectivity index (χ1n) is 7.23. The van der Waals surface area contributed by atoms with Gasteiger partial charge in [0.25, 0.3) is 0 Å². The van der Waals surface area contributed by atoms with Crippen LogP contribution < -0.4 is 9.47 Å². The zero-order valence-corrected chi connectivity index (χ0v) is 14.1. The van der Waals surface area contributed by atoms with Crippen molar-refractivity contribution in [3.8, 4) is 11.6 Å². The van der Waals surface area contributed by atoms with Crippen LogP contribution in [0.3, 0.4) is 0 Å². The fourth-order valence-corrected chi connectivity index (χ4v) is 2.22. The lowest BCUT2D eigenvalue weighted by atomic mass is 10.2. The monoisotopic (exact) mass is 315 g/mol. The minimum absolute atomic E-state index is 0.197. The van der Waals surface area contributed by atoms with Crippen LogP contribution in [-0.2, 0) is 11.4 Å². The third-order valence-electron chi connectivity index (χ3n) is 3.27. The standard InChI is InChI=1S/C17H21N3O3/c1-11-8-12(2)19-15(9-11)13(3)20-23-10-14-16(21-4)6-7-18-17(14)22-5/h6-9H,10H2,1-5H3/b20-13+. The van der Waals surface area contributed by atoms with E-state index in [-0.39, 0.29) is 6.61 Å². The molecule has 23 heavy (non-hydrogen) atoms. The van der Waals surface area contributed by atoms with Gasteiger partial charge in [-0.25, -0.2) is 4.98 Å². The van der Waals surface area contributed by atoms with E-state index in [9.17, 15) is 0 Å². The Labute approximate surface area is 136 Å². The van der Waals surface area contributed by atoms with Crippen LogP contribution in [0.5, 0.6) is 11.6 Å². The number of nitrogens with zero attached hydrogens (tertiary/aromatic N) is 3. The molecule has 0 aliphatic carbocycles. The normalized spacial score (nSPS) is 11.3. The van der Waals surface area contributed by atoms with Crippen LogP contribution in [0.4, 0.5) is 0 Å². The summed E-state index contributed by atoms with van der Waals surface area (Å²) in [5.41, 5.74) is 4.30. The van der Waals surface area contributed by atoms with E-state index in [1.165, 1.54) is 0 Å². The summed E-state index contributed by atoms with van der Waals surface area (Å²) in [6, 6.07) is 5.74. The van der Waals surface area contributed by atoms with Gasteiger partial charge in [-0.3, -0.25) is 4.98 Å². The number of hydrogen-bond acceptors (Lipinski definition) is 6. The van der Waals surface area contributed by atoms with Crippen molar-refractivity contribution in [3.63, 3.8) is 0 Å². The maximum atomic E-state index is 5.45. The van der Waals surface area contributed by atoms with E-state index in [1.54, 1.807) is 26.5 Å². The zero-order chi connectivity index (χ0) is 16.8. The summed E-state index contributed by atoms with van der Waals surface area (Å²) in [6.45, 7) is 6.04. The molecule has 0 spiro atoms. The lowest BCUT2D eigenvalue weighted by Gasteiger charge is -2.11. The van der Waals surface area contributed by atoms with Crippen molar-refractivity contribution in [2.45, 2.75) is 27.4 Å². The fourth-order valence-electron chi connectivity index (χ4n) is 2.22. The highest BCUT2D eigenvalue weighted by Crippen LogP contribution is 2.26. The molecule has 0 aliphatic heterocycles. The molecular weight excluding hydrogens is 294 g/mol. The second kappa shape index (κ2) is 7.58. The van der Waals surface area contributed by atoms with Crippen LogP contribution in [-0.4, -0.2) is 29.9 Å². The summed E-state index contributed by atoms with van der Waals surface area (Å²) in [4.78, 5) is 14.0. The van der Waals surface area contributed by atoms with E-state index in [4.69, 9.17) is 14.3 Å². The summed E-state index contributed by atoms with van der Waals surface area (Å²) in [5, 5.41) is 4.14. The number of methoxy groups -OCH3 is 2. The number of hydrogen-bond donors (Lipinski definition) is 0. The van der Waals surface area contributed by atoms with Crippen LogP contribution in [0.15, 0.2) is 29.6 Å². The molecule has 0 bridgehead atoms. The van der Waals surface area contributed by atoms with E-state index < -0.39 is 0 Å². The molecule has 0 fully saturated rings. The largest absolute Gasteiger partial charge is 0.496 e. The smallest absolute Gasteiger partial charge is 0.223 e. The molecule has 6 heteroatoms. The van der Waals surface area contributed by atoms with Gasteiger partial charge in [-0.1, -0.05) is 5.16 Å². The first kappa shape index (κ1) is 16.7. The lowest BCUT2D eigenvalue weighted by molar-refractivity contribution is 0.125. The highest BCUT2D eigenvalue weighted by molar-refractivity contribution is 5.96. The van der Waals surface area contributed by atoms with Gasteiger partial charge >= 0.3 is 0 Å². The average Bonchev–Trinajstić information content (AvgIpc) is 2.53. The molecule has 0 radical (unpaired) electrons. The van der Waals surface area contributed by atoms with Crippen molar-refractivity contribution in [2.24, 2.45) is 5.16 Å². The quantitative estimate of drug-likeness (QED) is 0.605. The first-order chi connectivity index (χ1) is 11.0. The molecule has 2 aromatic rings. The minimum Gasteiger partial charge on any atom is -0.496 e. The maximum Gasteiger partial charge on any atom is 0.223 e. The van der Waals surface area contributed by atoms with Gasteiger partial charge in [-0.05, 0) is 44.5 Å². The van der Waals surface area contributed by atoms with Crippen molar-refractivity contribution >= 4 is 5.71 Å².